The summed E-state index contributed by atoms with van der Waals surface area (Å²) in [6.07, 6.45) is 0. The van der Waals surface area contributed by atoms with E-state index in [1.54, 1.807) is 13.0 Å². The summed E-state index contributed by atoms with van der Waals surface area (Å²) in [5.41, 5.74) is 2.04. The van der Waals surface area contributed by atoms with Crippen LogP contribution in [-0.2, 0) is 9.53 Å². The van der Waals surface area contributed by atoms with Gasteiger partial charge in [0.25, 0.3) is 5.91 Å². The third-order valence-electron chi connectivity index (χ3n) is 4.39. The van der Waals surface area contributed by atoms with Crippen LogP contribution in [0.5, 0.6) is 0 Å². The number of amides is 1. The zero-order valence-corrected chi connectivity index (χ0v) is 19.0. The van der Waals surface area contributed by atoms with Crippen molar-refractivity contribution in [3.63, 3.8) is 0 Å². The van der Waals surface area contributed by atoms with Crippen molar-refractivity contribution >= 4 is 52.2 Å². The molecule has 3 aromatic heterocycles. The molecule has 1 amide bonds. The molecule has 4 rings (SSSR count). The van der Waals surface area contributed by atoms with Crippen LogP contribution in [0.3, 0.4) is 0 Å². The van der Waals surface area contributed by atoms with Crippen molar-refractivity contribution in [3.8, 4) is 16.3 Å². The Morgan fingerprint density at radius 3 is 2.59 bits per heavy atom. The second-order valence-corrected chi connectivity index (χ2v) is 8.41. The molecular formula is C22H16Cl2N4O3S. The van der Waals surface area contributed by atoms with Crippen molar-refractivity contribution in [2.45, 2.75) is 6.92 Å². The lowest BCUT2D eigenvalue weighted by molar-refractivity contribution is -0.119. The standard InChI is InChI=1S/C22H16Cl2N4O3S/c1-13-15(23)10-16(24)21(25-13)26-20(29)12-31-22(30)18-11-17(19-8-5-9-32-19)27-28(18)14-6-3-2-4-7-14/h2-11H,12H2,1H3,(H,25,26,29). The lowest BCUT2D eigenvalue weighted by Gasteiger charge is -2.10. The van der Waals surface area contributed by atoms with Crippen molar-refractivity contribution in [2.24, 2.45) is 0 Å². The summed E-state index contributed by atoms with van der Waals surface area (Å²) in [4.78, 5) is 30.2. The number of pyridine rings is 1. The third-order valence-corrected chi connectivity index (χ3v) is 5.95. The molecule has 0 radical (unpaired) electrons. The van der Waals surface area contributed by atoms with Gasteiger partial charge < -0.3 is 10.1 Å². The van der Waals surface area contributed by atoms with E-state index >= 15 is 0 Å². The van der Waals surface area contributed by atoms with Gasteiger partial charge in [0.2, 0.25) is 0 Å². The lowest BCUT2D eigenvalue weighted by Crippen LogP contribution is -2.23. The minimum Gasteiger partial charge on any atom is -0.451 e. The molecule has 0 saturated heterocycles. The van der Waals surface area contributed by atoms with E-state index in [-0.39, 0.29) is 16.5 Å². The van der Waals surface area contributed by atoms with E-state index in [0.29, 0.717) is 22.1 Å². The first-order chi connectivity index (χ1) is 15.4. The number of nitrogens with zero attached hydrogens (tertiary/aromatic N) is 3. The zero-order valence-electron chi connectivity index (χ0n) is 16.7. The molecule has 0 aliphatic carbocycles. The Hall–Kier alpha value is -3.20. The maximum atomic E-state index is 12.8. The summed E-state index contributed by atoms with van der Waals surface area (Å²) in [5.74, 6) is -1.13. The number of carbonyl (C=O) groups excluding carboxylic acids is 2. The van der Waals surface area contributed by atoms with Crippen LogP contribution in [0.15, 0.2) is 60.0 Å². The quantitative estimate of drug-likeness (QED) is 0.368. The minimum atomic E-state index is -0.689. The number of aryl methyl sites for hydroxylation is 1. The number of para-hydroxylation sites is 1. The molecule has 162 valence electrons. The highest BCUT2D eigenvalue weighted by Crippen LogP contribution is 2.27. The van der Waals surface area contributed by atoms with Crippen molar-refractivity contribution < 1.29 is 14.3 Å². The number of halogens is 2. The van der Waals surface area contributed by atoms with Gasteiger partial charge in [-0.2, -0.15) is 5.10 Å². The molecule has 32 heavy (non-hydrogen) atoms. The van der Waals surface area contributed by atoms with Gasteiger partial charge in [-0.3, -0.25) is 4.79 Å². The largest absolute Gasteiger partial charge is 0.451 e. The first-order valence-electron chi connectivity index (χ1n) is 9.41. The average Bonchev–Trinajstić information content (AvgIpc) is 3.46. The summed E-state index contributed by atoms with van der Waals surface area (Å²) in [7, 11) is 0. The topological polar surface area (TPSA) is 86.1 Å². The van der Waals surface area contributed by atoms with Crippen molar-refractivity contribution in [1.82, 2.24) is 14.8 Å². The van der Waals surface area contributed by atoms with E-state index in [2.05, 4.69) is 15.4 Å². The first kappa shape index (κ1) is 22.0. The summed E-state index contributed by atoms with van der Waals surface area (Å²) >= 11 is 13.5. The predicted molar refractivity (Wildman–Crippen MR) is 125 cm³/mol. The summed E-state index contributed by atoms with van der Waals surface area (Å²) in [5, 5.41) is 9.57. The van der Waals surface area contributed by atoms with E-state index in [9.17, 15) is 9.59 Å². The number of carbonyl (C=O) groups is 2. The SMILES string of the molecule is Cc1nc(NC(=O)COC(=O)c2cc(-c3cccs3)nn2-c2ccccc2)c(Cl)cc1Cl. The molecule has 1 N–H and O–H groups in total. The molecule has 4 aromatic rings. The Bertz CT molecular complexity index is 1270. The van der Waals surface area contributed by atoms with E-state index in [1.165, 1.54) is 22.1 Å². The lowest BCUT2D eigenvalue weighted by atomic mass is 10.3. The zero-order chi connectivity index (χ0) is 22.7. The van der Waals surface area contributed by atoms with Crippen LogP contribution in [0.1, 0.15) is 16.2 Å². The predicted octanol–water partition coefficient (Wildman–Crippen LogP) is 5.41. The molecule has 0 aliphatic heterocycles. The van der Waals surface area contributed by atoms with Crippen molar-refractivity contribution in [1.29, 1.82) is 0 Å². The van der Waals surface area contributed by atoms with Gasteiger partial charge in [-0.15, -0.1) is 11.3 Å². The number of thiophene rings is 1. The van der Waals surface area contributed by atoms with Gasteiger partial charge in [0.15, 0.2) is 18.1 Å². The highest BCUT2D eigenvalue weighted by atomic mass is 35.5. The fourth-order valence-corrected chi connectivity index (χ4v) is 3.94. The number of anilines is 1. The van der Waals surface area contributed by atoms with Crippen LogP contribution in [0.25, 0.3) is 16.3 Å². The molecule has 0 bridgehead atoms. The molecule has 0 unspecified atom stereocenters. The molecule has 0 fully saturated rings. The fourth-order valence-electron chi connectivity index (χ4n) is 2.86. The number of ether oxygens (including phenoxy) is 1. The van der Waals surface area contributed by atoms with Crippen LogP contribution in [0.2, 0.25) is 10.0 Å². The molecule has 1 aromatic carbocycles. The third kappa shape index (κ3) is 4.83. The van der Waals surface area contributed by atoms with Gasteiger partial charge in [-0.05, 0) is 36.6 Å². The van der Waals surface area contributed by atoms with Gasteiger partial charge in [0.1, 0.15) is 5.69 Å². The number of hydrogen-bond donors (Lipinski definition) is 1. The molecule has 10 heteroatoms. The first-order valence-corrected chi connectivity index (χ1v) is 11.0. The highest BCUT2D eigenvalue weighted by molar-refractivity contribution is 7.13. The van der Waals surface area contributed by atoms with Crippen LogP contribution in [0, 0.1) is 6.92 Å². The molecule has 0 saturated carbocycles. The monoisotopic (exact) mass is 486 g/mol. The van der Waals surface area contributed by atoms with E-state index in [1.807, 2.05) is 47.8 Å². The van der Waals surface area contributed by atoms with Gasteiger partial charge in [-0.1, -0.05) is 47.5 Å². The van der Waals surface area contributed by atoms with Crippen LogP contribution >= 0.6 is 34.5 Å². The Balaban J connectivity index is 1.52. The van der Waals surface area contributed by atoms with Crippen LogP contribution in [0.4, 0.5) is 5.82 Å². The smallest absolute Gasteiger partial charge is 0.357 e. The highest BCUT2D eigenvalue weighted by Gasteiger charge is 2.21. The molecule has 0 atom stereocenters. The van der Waals surface area contributed by atoms with Gasteiger partial charge in [-0.25, -0.2) is 14.5 Å². The second kappa shape index (κ2) is 9.52. The Morgan fingerprint density at radius 2 is 1.88 bits per heavy atom. The average molecular weight is 487 g/mol. The van der Waals surface area contributed by atoms with Crippen LogP contribution < -0.4 is 5.32 Å². The normalized spacial score (nSPS) is 10.7. The second-order valence-electron chi connectivity index (χ2n) is 6.65. The molecule has 7 nitrogen and oxygen atoms in total. The van der Waals surface area contributed by atoms with E-state index in [4.69, 9.17) is 27.9 Å². The Morgan fingerprint density at radius 1 is 1.09 bits per heavy atom. The molecule has 0 spiro atoms. The number of esters is 1. The maximum absolute atomic E-state index is 12.8. The van der Waals surface area contributed by atoms with Gasteiger partial charge in [0, 0.05) is 6.07 Å². The molecule has 3 heterocycles. The fraction of sp³-hybridized carbons (Fsp3) is 0.0909. The number of rotatable bonds is 6. The minimum absolute atomic E-state index is 0.143. The van der Waals surface area contributed by atoms with Crippen molar-refractivity contribution in [3.05, 3.63) is 81.4 Å². The van der Waals surface area contributed by atoms with Crippen molar-refractivity contribution in [2.75, 3.05) is 11.9 Å². The molecule has 0 aliphatic rings. The summed E-state index contributed by atoms with van der Waals surface area (Å²) in [6.45, 7) is 1.16. The number of aromatic nitrogens is 3. The Kier molecular flexibility index (Phi) is 6.55. The van der Waals surface area contributed by atoms with Gasteiger partial charge >= 0.3 is 5.97 Å². The number of benzene rings is 1. The van der Waals surface area contributed by atoms with Crippen LogP contribution in [-0.4, -0.2) is 33.2 Å². The maximum Gasteiger partial charge on any atom is 0.357 e. The summed E-state index contributed by atoms with van der Waals surface area (Å²) in [6, 6.07) is 16.1. The van der Waals surface area contributed by atoms with E-state index in [0.717, 1.165) is 4.88 Å². The number of nitrogens with one attached hydrogen (secondary N) is 1. The Labute approximate surface area is 197 Å². The number of hydrogen-bond acceptors (Lipinski definition) is 6. The van der Waals surface area contributed by atoms with E-state index < -0.39 is 18.5 Å². The summed E-state index contributed by atoms with van der Waals surface area (Å²) < 4.78 is 6.74. The molecular weight excluding hydrogens is 471 g/mol. The van der Waals surface area contributed by atoms with Gasteiger partial charge in [0.05, 0.1) is 26.3 Å².